The van der Waals surface area contributed by atoms with Gasteiger partial charge in [0.1, 0.15) is 6.04 Å². The second-order valence-corrected chi connectivity index (χ2v) is 7.40. The van der Waals surface area contributed by atoms with Gasteiger partial charge < -0.3 is 15.5 Å². The normalized spacial score (nSPS) is 15.8. The summed E-state index contributed by atoms with van der Waals surface area (Å²) in [4.78, 5) is 35.4. The molecule has 148 valence electrons. The Kier molecular flexibility index (Phi) is 6.70. The van der Waals surface area contributed by atoms with Gasteiger partial charge in [-0.15, -0.1) is 0 Å². The molecule has 2 aromatic rings. The van der Waals surface area contributed by atoms with Crippen LogP contribution < -0.4 is 15.5 Å². The van der Waals surface area contributed by atoms with Crippen molar-refractivity contribution in [3.8, 4) is 0 Å². The van der Waals surface area contributed by atoms with Crippen LogP contribution >= 0.6 is 23.2 Å². The summed E-state index contributed by atoms with van der Waals surface area (Å²) < 4.78 is 0. The third-order valence-electron chi connectivity index (χ3n) is 4.61. The number of aromatic nitrogens is 2. The van der Waals surface area contributed by atoms with Gasteiger partial charge in [0.25, 0.3) is 5.91 Å². The molecule has 2 heterocycles. The first-order valence-electron chi connectivity index (χ1n) is 9.03. The molecule has 1 unspecified atom stereocenters. The van der Waals surface area contributed by atoms with Crippen molar-refractivity contribution in [2.24, 2.45) is 0 Å². The lowest BCUT2D eigenvalue weighted by atomic mass is 10.0. The lowest BCUT2D eigenvalue weighted by Crippen LogP contribution is -2.51. The molecule has 1 aromatic heterocycles. The second-order valence-electron chi connectivity index (χ2n) is 6.62. The standard InChI is InChI=1S/C19H21Cl2N5O2/c1-12(24-18(28)14-4-2-5-15(20)16(14)21)17(27)25-13-6-10-26(11-7-13)19-22-8-3-9-23-19/h2-5,8-9,12-13H,6-7,10-11H2,1H3,(H,24,28)(H,25,27). The number of amides is 2. The zero-order valence-electron chi connectivity index (χ0n) is 15.4. The number of halogens is 2. The highest BCUT2D eigenvalue weighted by Gasteiger charge is 2.25. The highest BCUT2D eigenvalue weighted by molar-refractivity contribution is 6.43. The molecule has 1 aromatic carbocycles. The van der Waals surface area contributed by atoms with E-state index in [1.165, 1.54) is 0 Å². The molecule has 3 rings (SSSR count). The summed E-state index contributed by atoms with van der Waals surface area (Å²) in [5, 5.41) is 6.12. The van der Waals surface area contributed by atoms with Crippen molar-refractivity contribution in [1.29, 1.82) is 0 Å². The average Bonchev–Trinajstić information content (AvgIpc) is 2.71. The Morgan fingerprint density at radius 3 is 2.50 bits per heavy atom. The molecule has 1 fully saturated rings. The van der Waals surface area contributed by atoms with Gasteiger partial charge in [0, 0.05) is 31.5 Å². The van der Waals surface area contributed by atoms with Crippen LogP contribution in [0.4, 0.5) is 5.95 Å². The molecule has 28 heavy (non-hydrogen) atoms. The minimum absolute atomic E-state index is 0.0431. The predicted octanol–water partition coefficient (Wildman–Crippen LogP) is 2.69. The molecular formula is C19H21Cl2N5O2. The maximum Gasteiger partial charge on any atom is 0.253 e. The van der Waals surface area contributed by atoms with Gasteiger partial charge in [0.15, 0.2) is 0 Å². The van der Waals surface area contributed by atoms with Crippen molar-refractivity contribution in [2.45, 2.75) is 31.8 Å². The molecule has 1 atom stereocenters. The lowest BCUT2D eigenvalue weighted by Gasteiger charge is -2.32. The maximum absolute atomic E-state index is 12.5. The SMILES string of the molecule is CC(NC(=O)c1cccc(Cl)c1Cl)C(=O)NC1CCN(c2ncccn2)CC1. The number of anilines is 1. The summed E-state index contributed by atoms with van der Waals surface area (Å²) in [5.41, 5.74) is 0.241. The Labute approximate surface area is 173 Å². The summed E-state index contributed by atoms with van der Waals surface area (Å²) in [6.07, 6.45) is 5.00. The fourth-order valence-electron chi connectivity index (χ4n) is 3.02. The van der Waals surface area contributed by atoms with Crippen molar-refractivity contribution in [1.82, 2.24) is 20.6 Å². The van der Waals surface area contributed by atoms with Gasteiger partial charge in [-0.05, 0) is 38.0 Å². The van der Waals surface area contributed by atoms with Crippen LogP contribution in [0.2, 0.25) is 10.0 Å². The maximum atomic E-state index is 12.5. The van der Waals surface area contributed by atoms with Gasteiger partial charge in [-0.1, -0.05) is 29.3 Å². The van der Waals surface area contributed by atoms with Crippen LogP contribution in [0.25, 0.3) is 0 Å². The van der Waals surface area contributed by atoms with Gasteiger partial charge >= 0.3 is 0 Å². The van der Waals surface area contributed by atoms with Crippen LogP contribution in [0.1, 0.15) is 30.1 Å². The number of hydrogen-bond acceptors (Lipinski definition) is 5. The Balaban J connectivity index is 1.49. The van der Waals surface area contributed by atoms with Crippen LogP contribution in [0.15, 0.2) is 36.7 Å². The minimum atomic E-state index is -0.696. The molecule has 2 N–H and O–H groups in total. The summed E-state index contributed by atoms with van der Waals surface area (Å²) in [6, 6.07) is 5.93. The molecule has 0 spiro atoms. The fourth-order valence-corrected chi connectivity index (χ4v) is 3.41. The van der Waals surface area contributed by atoms with Crippen molar-refractivity contribution in [3.63, 3.8) is 0 Å². The lowest BCUT2D eigenvalue weighted by molar-refractivity contribution is -0.123. The Bertz CT molecular complexity index is 841. The molecule has 0 radical (unpaired) electrons. The number of piperidine rings is 1. The minimum Gasteiger partial charge on any atom is -0.351 e. The topological polar surface area (TPSA) is 87.2 Å². The predicted molar refractivity (Wildman–Crippen MR) is 109 cm³/mol. The molecule has 1 aliphatic rings. The third-order valence-corrected chi connectivity index (χ3v) is 5.43. The molecule has 7 nitrogen and oxygen atoms in total. The fraction of sp³-hybridized carbons (Fsp3) is 0.368. The Morgan fingerprint density at radius 1 is 1.14 bits per heavy atom. The molecule has 9 heteroatoms. The highest BCUT2D eigenvalue weighted by Crippen LogP contribution is 2.25. The summed E-state index contributed by atoms with van der Waals surface area (Å²) >= 11 is 12.0. The van der Waals surface area contributed by atoms with E-state index in [0.29, 0.717) is 11.0 Å². The summed E-state index contributed by atoms with van der Waals surface area (Å²) in [7, 11) is 0. The molecule has 0 saturated carbocycles. The quantitative estimate of drug-likeness (QED) is 0.774. The van der Waals surface area contributed by atoms with Crippen LogP contribution in [0, 0.1) is 0 Å². The number of nitrogens with one attached hydrogen (secondary N) is 2. The van der Waals surface area contributed by atoms with E-state index in [9.17, 15) is 9.59 Å². The van der Waals surface area contributed by atoms with E-state index in [0.717, 1.165) is 25.9 Å². The number of nitrogens with zero attached hydrogens (tertiary/aromatic N) is 3. The summed E-state index contributed by atoms with van der Waals surface area (Å²) in [6.45, 7) is 3.15. The average molecular weight is 422 g/mol. The second kappa shape index (κ2) is 9.21. The third kappa shape index (κ3) is 4.91. The van der Waals surface area contributed by atoms with Crippen LogP contribution in [-0.2, 0) is 4.79 Å². The first-order valence-corrected chi connectivity index (χ1v) is 9.78. The van der Waals surface area contributed by atoms with Gasteiger partial charge in [-0.2, -0.15) is 0 Å². The number of rotatable bonds is 5. The van der Waals surface area contributed by atoms with Crippen molar-refractivity contribution >= 4 is 41.0 Å². The van der Waals surface area contributed by atoms with Gasteiger partial charge in [-0.25, -0.2) is 9.97 Å². The number of hydrogen-bond donors (Lipinski definition) is 2. The van der Waals surface area contributed by atoms with E-state index in [1.807, 2.05) is 0 Å². The first-order chi connectivity index (χ1) is 13.5. The largest absolute Gasteiger partial charge is 0.351 e. The molecule has 1 aliphatic heterocycles. The van der Waals surface area contributed by atoms with Gasteiger partial charge in [0.05, 0.1) is 15.6 Å². The molecule has 0 bridgehead atoms. The summed E-state index contributed by atoms with van der Waals surface area (Å²) in [5.74, 6) is 0.0263. The van der Waals surface area contributed by atoms with Crippen molar-refractivity contribution in [2.75, 3.05) is 18.0 Å². The molecule has 1 saturated heterocycles. The van der Waals surface area contributed by atoms with Gasteiger partial charge in [0.2, 0.25) is 11.9 Å². The van der Waals surface area contributed by atoms with E-state index < -0.39 is 11.9 Å². The zero-order valence-corrected chi connectivity index (χ0v) is 16.9. The smallest absolute Gasteiger partial charge is 0.253 e. The van der Waals surface area contributed by atoms with Crippen molar-refractivity contribution < 1.29 is 9.59 Å². The van der Waals surface area contributed by atoms with E-state index in [1.54, 1.807) is 43.6 Å². The van der Waals surface area contributed by atoms with Crippen molar-refractivity contribution in [3.05, 3.63) is 52.3 Å². The highest BCUT2D eigenvalue weighted by atomic mass is 35.5. The van der Waals surface area contributed by atoms with Crippen LogP contribution in [0.5, 0.6) is 0 Å². The molecule has 0 aliphatic carbocycles. The number of carbonyl (C=O) groups excluding carboxylic acids is 2. The van der Waals surface area contributed by atoms with E-state index >= 15 is 0 Å². The zero-order chi connectivity index (χ0) is 20.1. The van der Waals surface area contributed by atoms with E-state index in [4.69, 9.17) is 23.2 Å². The first kappa shape index (κ1) is 20.4. The number of carbonyl (C=O) groups is 2. The van der Waals surface area contributed by atoms with Gasteiger partial charge in [-0.3, -0.25) is 9.59 Å². The molecular weight excluding hydrogens is 401 g/mol. The van der Waals surface area contributed by atoms with E-state index in [2.05, 4.69) is 25.5 Å². The molecule has 2 amide bonds. The van der Waals surface area contributed by atoms with Crippen LogP contribution in [-0.4, -0.2) is 47.0 Å². The van der Waals surface area contributed by atoms with E-state index in [-0.39, 0.29) is 22.5 Å². The number of benzene rings is 1. The monoisotopic (exact) mass is 421 g/mol. The Hall–Kier alpha value is -2.38. The van der Waals surface area contributed by atoms with Crippen LogP contribution in [0.3, 0.4) is 0 Å². The Morgan fingerprint density at radius 2 is 1.82 bits per heavy atom.